The summed E-state index contributed by atoms with van der Waals surface area (Å²) in [7, 11) is 0. The highest BCUT2D eigenvalue weighted by Gasteiger charge is 2.20. The Bertz CT molecular complexity index is 309. The minimum absolute atomic E-state index is 0.201. The van der Waals surface area contributed by atoms with Gasteiger partial charge in [0.15, 0.2) is 0 Å². The van der Waals surface area contributed by atoms with E-state index in [2.05, 4.69) is 23.7 Å². The molecule has 0 radical (unpaired) electrons. The van der Waals surface area contributed by atoms with Crippen LogP contribution in [0, 0.1) is 23.7 Å². The number of ether oxygens (including phenoxy) is 1. The van der Waals surface area contributed by atoms with Gasteiger partial charge in [0.2, 0.25) is 0 Å². The second-order valence-electron chi connectivity index (χ2n) is 3.05. The monoisotopic (exact) mass is 190 g/mol. The van der Waals surface area contributed by atoms with Gasteiger partial charge in [0, 0.05) is 6.61 Å². The summed E-state index contributed by atoms with van der Waals surface area (Å²) in [6, 6.07) is 0. The van der Waals surface area contributed by atoms with Crippen molar-refractivity contribution in [2.45, 2.75) is 32.0 Å². The molecule has 74 valence electrons. The Morgan fingerprint density at radius 1 is 1.43 bits per heavy atom. The Hall–Kier alpha value is -1.22. The van der Waals surface area contributed by atoms with Gasteiger partial charge in [-0.25, -0.2) is 0 Å². The van der Waals surface area contributed by atoms with Crippen molar-refractivity contribution in [2.24, 2.45) is 0 Å². The molecule has 2 heteroatoms. The molecule has 0 saturated carbocycles. The zero-order valence-electron chi connectivity index (χ0n) is 8.29. The SMILES string of the molecule is CC#CC#C/C=C/[C@@H]1OCCC[C@H]1O. The maximum atomic E-state index is 9.52. The Morgan fingerprint density at radius 2 is 2.29 bits per heavy atom. The van der Waals surface area contributed by atoms with Crippen molar-refractivity contribution in [3.63, 3.8) is 0 Å². The van der Waals surface area contributed by atoms with Crippen molar-refractivity contribution in [1.29, 1.82) is 0 Å². The molecule has 0 aliphatic carbocycles. The normalized spacial score (nSPS) is 26.1. The van der Waals surface area contributed by atoms with Crippen LogP contribution in [0.15, 0.2) is 12.2 Å². The van der Waals surface area contributed by atoms with Gasteiger partial charge in [-0.15, -0.1) is 0 Å². The van der Waals surface area contributed by atoms with Gasteiger partial charge in [0.05, 0.1) is 6.10 Å². The summed E-state index contributed by atoms with van der Waals surface area (Å²) in [6.07, 6.45) is 4.61. The highest BCUT2D eigenvalue weighted by atomic mass is 16.5. The van der Waals surface area contributed by atoms with Gasteiger partial charge < -0.3 is 9.84 Å². The average Bonchev–Trinajstić information content (AvgIpc) is 2.20. The fraction of sp³-hybridized carbons (Fsp3) is 0.500. The lowest BCUT2D eigenvalue weighted by Gasteiger charge is -2.25. The van der Waals surface area contributed by atoms with Crippen LogP contribution in [0.1, 0.15) is 19.8 Å². The summed E-state index contributed by atoms with van der Waals surface area (Å²) >= 11 is 0. The maximum Gasteiger partial charge on any atom is 0.102 e. The van der Waals surface area contributed by atoms with E-state index in [4.69, 9.17) is 4.74 Å². The van der Waals surface area contributed by atoms with Crippen LogP contribution in [0.2, 0.25) is 0 Å². The molecule has 0 aromatic carbocycles. The molecule has 1 rings (SSSR count). The van der Waals surface area contributed by atoms with Crippen LogP contribution < -0.4 is 0 Å². The lowest BCUT2D eigenvalue weighted by Crippen LogP contribution is -2.32. The number of aliphatic hydroxyl groups excluding tert-OH is 1. The highest BCUT2D eigenvalue weighted by Crippen LogP contribution is 2.14. The maximum absolute atomic E-state index is 9.52. The van der Waals surface area contributed by atoms with Crippen molar-refractivity contribution < 1.29 is 9.84 Å². The van der Waals surface area contributed by atoms with Crippen LogP contribution in [0.3, 0.4) is 0 Å². The summed E-state index contributed by atoms with van der Waals surface area (Å²) in [5.74, 6) is 10.7. The Balaban J connectivity index is 2.41. The van der Waals surface area contributed by atoms with Crippen LogP contribution in [0.5, 0.6) is 0 Å². The molecule has 1 saturated heterocycles. The van der Waals surface area contributed by atoms with Gasteiger partial charge in [-0.3, -0.25) is 0 Å². The standard InChI is InChI=1S/C12H14O2/c1-2-3-4-5-6-9-12-11(13)8-7-10-14-12/h6,9,11-13H,7-8,10H2,1H3/b9-6+/t11-,12+/m1/s1. The van der Waals surface area contributed by atoms with E-state index in [1.165, 1.54) is 0 Å². The molecule has 0 amide bonds. The summed E-state index contributed by atoms with van der Waals surface area (Å²) in [6.45, 7) is 2.46. The molecular formula is C12H14O2. The van der Waals surface area contributed by atoms with Crippen LogP contribution >= 0.6 is 0 Å². The van der Waals surface area contributed by atoms with E-state index in [9.17, 15) is 5.11 Å². The first-order valence-electron chi connectivity index (χ1n) is 4.73. The Labute approximate surface area is 85.0 Å². The van der Waals surface area contributed by atoms with Crippen molar-refractivity contribution in [3.8, 4) is 23.7 Å². The number of hydrogen-bond donors (Lipinski definition) is 1. The van der Waals surface area contributed by atoms with Crippen LogP contribution in [0.25, 0.3) is 0 Å². The number of rotatable bonds is 1. The second-order valence-corrected chi connectivity index (χ2v) is 3.05. The van der Waals surface area contributed by atoms with E-state index in [1.807, 2.05) is 0 Å². The molecule has 0 spiro atoms. The van der Waals surface area contributed by atoms with E-state index in [1.54, 1.807) is 19.1 Å². The van der Waals surface area contributed by atoms with Gasteiger partial charge >= 0.3 is 0 Å². The fourth-order valence-electron chi connectivity index (χ4n) is 1.25. The molecule has 1 N–H and O–H groups in total. The van der Waals surface area contributed by atoms with E-state index in [-0.39, 0.29) is 12.2 Å². The number of hydrogen-bond acceptors (Lipinski definition) is 2. The minimum atomic E-state index is -0.390. The largest absolute Gasteiger partial charge is 0.390 e. The highest BCUT2D eigenvalue weighted by molar-refractivity contribution is 5.30. The van der Waals surface area contributed by atoms with Crippen molar-refractivity contribution >= 4 is 0 Å². The number of aliphatic hydroxyl groups is 1. The summed E-state index contributed by atoms with van der Waals surface area (Å²) in [5, 5.41) is 9.52. The Kier molecular flexibility index (Phi) is 4.86. The fourth-order valence-corrected chi connectivity index (χ4v) is 1.25. The van der Waals surface area contributed by atoms with E-state index in [0.717, 1.165) is 12.8 Å². The van der Waals surface area contributed by atoms with Crippen molar-refractivity contribution in [1.82, 2.24) is 0 Å². The first kappa shape index (κ1) is 10.9. The van der Waals surface area contributed by atoms with E-state index in [0.29, 0.717) is 6.61 Å². The van der Waals surface area contributed by atoms with Gasteiger partial charge in [-0.1, -0.05) is 11.8 Å². The lowest BCUT2D eigenvalue weighted by atomic mass is 10.1. The van der Waals surface area contributed by atoms with Gasteiger partial charge in [0.1, 0.15) is 6.10 Å². The van der Waals surface area contributed by atoms with Crippen LogP contribution in [-0.2, 0) is 4.74 Å². The zero-order valence-corrected chi connectivity index (χ0v) is 8.29. The predicted octanol–water partition coefficient (Wildman–Crippen LogP) is 1.11. The molecular weight excluding hydrogens is 176 g/mol. The molecule has 1 aliphatic heterocycles. The summed E-state index contributed by atoms with van der Waals surface area (Å²) < 4.78 is 5.36. The molecule has 14 heavy (non-hydrogen) atoms. The molecule has 2 atom stereocenters. The molecule has 1 fully saturated rings. The topological polar surface area (TPSA) is 29.5 Å². The van der Waals surface area contributed by atoms with E-state index < -0.39 is 0 Å². The van der Waals surface area contributed by atoms with Crippen molar-refractivity contribution in [3.05, 3.63) is 12.2 Å². The third-order valence-corrected chi connectivity index (χ3v) is 1.96. The third kappa shape index (κ3) is 3.66. The number of allylic oxidation sites excluding steroid dienone is 1. The quantitative estimate of drug-likeness (QED) is 0.628. The Morgan fingerprint density at radius 3 is 3.00 bits per heavy atom. The van der Waals surface area contributed by atoms with Crippen LogP contribution in [-0.4, -0.2) is 23.9 Å². The summed E-state index contributed by atoms with van der Waals surface area (Å²) in [4.78, 5) is 0. The predicted molar refractivity (Wildman–Crippen MR) is 55.3 cm³/mol. The molecule has 2 nitrogen and oxygen atoms in total. The first-order valence-corrected chi connectivity index (χ1v) is 4.73. The molecule has 0 aromatic heterocycles. The average molecular weight is 190 g/mol. The molecule has 0 bridgehead atoms. The second kappa shape index (κ2) is 6.27. The lowest BCUT2D eigenvalue weighted by molar-refractivity contribution is -0.0483. The van der Waals surface area contributed by atoms with E-state index >= 15 is 0 Å². The smallest absolute Gasteiger partial charge is 0.102 e. The molecule has 0 unspecified atom stereocenters. The first-order chi connectivity index (χ1) is 6.84. The van der Waals surface area contributed by atoms with Gasteiger partial charge in [-0.05, 0) is 43.8 Å². The van der Waals surface area contributed by atoms with Crippen LogP contribution in [0.4, 0.5) is 0 Å². The summed E-state index contributed by atoms with van der Waals surface area (Å²) in [5.41, 5.74) is 0. The van der Waals surface area contributed by atoms with Crippen molar-refractivity contribution in [2.75, 3.05) is 6.61 Å². The third-order valence-electron chi connectivity index (χ3n) is 1.96. The minimum Gasteiger partial charge on any atom is -0.390 e. The molecule has 0 aromatic rings. The molecule has 1 heterocycles. The zero-order chi connectivity index (χ0) is 10.2. The molecule has 1 aliphatic rings. The van der Waals surface area contributed by atoms with Gasteiger partial charge in [-0.2, -0.15) is 0 Å². The van der Waals surface area contributed by atoms with Gasteiger partial charge in [0.25, 0.3) is 0 Å².